The van der Waals surface area contributed by atoms with Crippen molar-refractivity contribution in [3.05, 3.63) is 33.6 Å². The van der Waals surface area contributed by atoms with Gasteiger partial charge in [0, 0.05) is 7.11 Å². The molecule has 0 radical (unpaired) electrons. The standard InChI is InChI=1S/C13H17FN2O3/c1-8-6-11(12(16(17)18)7-9(8)14)15-10-4-3-5-13(10)19-2/h6-7,10,13,15H,3-5H2,1-2H3. The average Bonchev–Trinajstić information content (AvgIpc) is 2.80. The SMILES string of the molecule is COC1CCCC1Nc1cc(C)c(F)cc1[N+](=O)[O-]. The molecule has 2 rings (SSSR count). The van der Waals surface area contributed by atoms with Gasteiger partial charge in [-0.15, -0.1) is 0 Å². The Morgan fingerprint density at radius 2 is 2.21 bits per heavy atom. The van der Waals surface area contributed by atoms with Gasteiger partial charge < -0.3 is 10.1 Å². The molecule has 1 aromatic carbocycles. The van der Waals surface area contributed by atoms with Crippen LogP contribution in [0.2, 0.25) is 0 Å². The smallest absolute Gasteiger partial charge is 0.295 e. The molecular weight excluding hydrogens is 251 g/mol. The number of nitrogens with zero attached hydrogens (tertiary/aromatic N) is 1. The van der Waals surface area contributed by atoms with Crippen LogP contribution in [-0.4, -0.2) is 24.2 Å². The van der Waals surface area contributed by atoms with Gasteiger partial charge in [-0.1, -0.05) is 0 Å². The molecule has 6 heteroatoms. The molecule has 0 bridgehead atoms. The molecule has 0 amide bonds. The number of nitro benzene ring substituents is 1. The van der Waals surface area contributed by atoms with Gasteiger partial charge in [0.05, 0.1) is 23.1 Å². The lowest BCUT2D eigenvalue weighted by Crippen LogP contribution is -2.30. The fourth-order valence-corrected chi connectivity index (χ4v) is 2.51. The number of nitrogens with one attached hydrogen (secondary N) is 1. The van der Waals surface area contributed by atoms with Crippen molar-refractivity contribution >= 4 is 11.4 Å². The summed E-state index contributed by atoms with van der Waals surface area (Å²) in [6.45, 7) is 1.59. The van der Waals surface area contributed by atoms with E-state index in [1.165, 1.54) is 6.07 Å². The molecule has 0 aliphatic heterocycles. The van der Waals surface area contributed by atoms with Gasteiger partial charge in [0.15, 0.2) is 0 Å². The zero-order valence-corrected chi connectivity index (χ0v) is 11.0. The van der Waals surface area contributed by atoms with E-state index in [4.69, 9.17) is 4.74 Å². The van der Waals surface area contributed by atoms with E-state index in [0.717, 1.165) is 25.3 Å². The van der Waals surface area contributed by atoms with E-state index in [-0.39, 0.29) is 17.8 Å². The van der Waals surface area contributed by atoms with E-state index in [9.17, 15) is 14.5 Å². The second-order valence-electron chi connectivity index (χ2n) is 4.83. The number of halogens is 1. The van der Waals surface area contributed by atoms with Gasteiger partial charge >= 0.3 is 0 Å². The summed E-state index contributed by atoms with van der Waals surface area (Å²) < 4.78 is 18.8. The van der Waals surface area contributed by atoms with E-state index in [1.54, 1.807) is 14.0 Å². The lowest BCUT2D eigenvalue weighted by Gasteiger charge is -2.21. The van der Waals surface area contributed by atoms with Gasteiger partial charge in [0.1, 0.15) is 11.5 Å². The Hall–Kier alpha value is -1.69. The quantitative estimate of drug-likeness (QED) is 0.673. The monoisotopic (exact) mass is 268 g/mol. The van der Waals surface area contributed by atoms with Crippen molar-refractivity contribution in [2.45, 2.75) is 38.3 Å². The van der Waals surface area contributed by atoms with Gasteiger partial charge in [-0.05, 0) is 37.8 Å². The minimum atomic E-state index is -0.568. The second kappa shape index (κ2) is 5.52. The Balaban J connectivity index is 2.28. The molecule has 1 fully saturated rings. The van der Waals surface area contributed by atoms with Crippen LogP contribution in [0.4, 0.5) is 15.8 Å². The first-order chi connectivity index (χ1) is 9.02. The molecule has 1 aromatic rings. The number of benzene rings is 1. The summed E-state index contributed by atoms with van der Waals surface area (Å²) in [5.74, 6) is -0.563. The normalized spacial score (nSPS) is 22.5. The number of hydrogen-bond donors (Lipinski definition) is 1. The Labute approximate surface area is 110 Å². The number of methoxy groups -OCH3 is 1. The molecule has 104 valence electrons. The summed E-state index contributed by atoms with van der Waals surface area (Å²) in [5.41, 5.74) is 0.516. The number of aryl methyl sites for hydroxylation is 1. The summed E-state index contributed by atoms with van der Waals surface area (Å²) in [7, 11) is 1.63. The van der Waals surface area contributed by atoms with E-state index in [2.05, 4.69) is 5.32 Å². The maximum atomic E-state index is 13.4. The fourth-order valence-electron chi connectivity index (χ4n) is 2.51. The van der Waals surface area contributed by atoms with E-state index >= 15 is 0 Å². The molecule has 1 saturated carbocycles. The number of rotatable bonds is 4. The van der Waals surface area contributed by atoms with Crippen LogP contribution in [0.1, 0.15) is 24.8 Å². The Morgan fingerprint density at radius 3 is 2.84 bits per heavy atom. The zero-order valence-electron chi connectivity index (χ0n) is 11.0. The molecule has 1 aliphatic carbocycles. The highest BCUT2D eigenvalue weighted by Crippen LogP contribution is 2.31. The minimum absolute atomic E-state index is 0.0357. The Bertz CT molecular complexity index is 493. The van der Waals surface area contributed by atoms with Crippen LogP contribution in [-0.2, 0) is 4.74 Å². The van der Waals surface area contributed by atoms with Crippen molar-refractivity contribution in [1.82, 2.24) is 0 Å². The molecule has 0 saturated heterocycles. The third-order valence-electron chi connectivity index (χ3n) is 3.57. The van der Waals surface area contributed by atoms with Crippen molar-refractivity contribution in [2.75, 3.05) is 12.4 Å². The number of nitro groups is 1. The van der Waals surface area contributed by atoms with Crippen molar-refractivity contribution < 1.29 is 14.1 Å². The third kappa shape index (κ3) is 2.84. The summed E-state index contributed by atoms with van der Waals surface area (Å²) in [5, 5.41) is 14.1. The lowest BCUT2D eigenvalue weighted by molar-refractivity contribution is -0.384. The maximum Gasteiger partial charge on any atom is 0.295 e. The number of ether oxygens (including phenoxy) is 1. The Morgan fingerprint density at radius 1 is 1.47 bits per heavy atom. The highest BCUT2D eigenvalue weighted by atomic mass is 19.1. The summed E-state index contributed by atoms with van der Waals surface area (Å²) in [6.07, 6.45) is 2.89. The first kappa shape index (κ1) is 13.7. The molecule has 0 spiro atoms. The van der Waals surface area contributed by atoms with E-state index < -0.39 is 10.7 Å². The molecule has 0 heterocycles. The second-order valence-corrected chi connectivity index (χ2v) is 4.83. The molecular formula is C13H17FN2O3. The van der Waals surface area contributed by atoms with Crippen LogP contribution in [0.5, 0.6) is 0 Å². The van der Waals surface area contributed by atoms with Gasteiger partial charge in [-0.2, -0.15) is 0 Å². The van der Waals surface area contributed by atoms with E-state index in [0.29, 0.717) is 11.3 Å². The summed E-state index contributed by atoms with van der Waals surface area (Å²) in [4.78, 5) is 10.4. The Kier molecular flexibility index (Phi) is 3.99. The largest absolute Gasteiger partial charge is 0.379 e. The molecule has 2 atom stereocenters. The summed E-state index contributed by atoms with van der Waals surface area (Å²) >= 11 is 0. The van der Waals surface area contributed by atoms with Crippen LogP contribution in [0.3, 0.4) is 0 Å². The molecule has 0 aromatic heterocycles. The minimum Gasteiger partial charge on any atom is -0.379 e. The molecule has 5 nitrogen and oxygen atoms in total. The predicted molar refractivity (Wildman–Crippen MR) is 69.9 cm³/mol. The van der Waals surface area contributed by atoms with Crippen LogP contribution in [0, 0.1) is 22.9 Å². The molecule has 2 unspecified atom stereocenters. The fraction of sp³-hybridized carbons (Fsp3) is 0.538. The first-order valence-electron chi connectivity index (χ1n) is 6.26. The van der Waals surface area contributed by atoms with Crippen LogP contribution >= 0.6 is 0 Å². The molecule has 1 aliphatic rings. The van der Waals surface area contributed by atoms with Crippen molar-refractivity contribution in [3.8, 4) is 0 Å². The van der Waals surface area contributed by atoms with Crippen molar-refractivity contribution in [1.29, 1.82) is 0 Å². The highest BCUT2D eigenvalue weighted by Gasteiger charge is 2.29. The lowest BCUT2D eigenvalue weighted by atomic mass is 10.1. The third-order valence-corrected chi connectivity index (χ3v) is 3.57. The first-order valence-corrected chi connectivity index (χ1v) is 6.26. The molecule has 19 heavy (non-hydrogen) atoms. The highest BCUT2D eigenvalue weighted by molar-refractivity contribution is 5.63. The van der Waals surface area contributed by atoms with Crippen LogP contribution < -0.4 is 5.32 Å². The van der Waals surface area contributed by atoms with Crippen molar-refractivity contribution in [2.24, 2.45) is 0 Å². The van der Waals surface area contributed by atoms with Gasteiger partial charge in [0.25, 0.3) is 5.69 Å². The predicted octanol–water partition coefficient (Wildman–Crippen LogP) is 3.02. The zero-order chi connectivity index (χ0) is 14.0. The topological polar surface area (TPSA) is 64.4 Å². The van der Waals surface area contributed by atoms with Crippen LogP contribution in [0.25, 0.3) is 0 Å². The van der Waals surface area contributed by atoms with Gasteiger partial charge in [-0.3, -0.25) is 10.1 Å². The van der Waals surface area contributed by atoms with Crippen LogP contribution in [0.15, 0.2) is 12.1 Å². The van der Waals surface area contributed by atoms with E-state index in [1.807, 2.05) is 0 Å². The molecule has 1 N–H and O–H groups in total. The average molecular weight is 268 g/mol. The number of hydrogen-bond acceptors (Lipinski definition) is 4. The summed E-state index contributed by atoms with van der Waals surface area (Å²) in [6, 6.07) is 2.49. The van der Waals surface area contributed by atoms with Gasteiger partial charge in [0.2, 0.25) is 0 Å². The van der Waals surface area contributed by atoms with Gasteiger partial charge in [-0.25, -0.2) is 4.39 Å². The number of anilines is 1. The van der Waals surface area contributed by atoms with Crippen molar-refractivity contribution in [3.63, 3.8) is 0 Å². The maximum absolute atomic E-state index is 13.4.